The Labute approximate surface area is 157 Å². The molecule has 1 fully saturated rings. The van der Waals surface area contributed by atoms with Crippen LogP contribution in [-0.4, -0.2) is 35.4 Å². The van der Waals surface area contributed by atoms with Gasteiger partial charge in [-0.2, -0.15) is 0 Å². The van der Waals surface area contributed by atoms with Crippen molar-refractivity contribution in [1.82, 2.24) is 9.88 Å². The van der Waals surface area contributed by atoms with E-state index >= 15 is 0 Å². The van der Waals surface area contributed by atoms with E-state index in [0.29, 0.717) is 12.5 Å². The molecule has 4 rings (SSSR count). The molecule has 1 aliphatic rings. The van der Waals surface area contributed by atoms with Gasteiger partial charge in [0.1, 0.15) is 5.01 Å². The maximum atomic E-state index is 12.6. The fraction of sp³-hybridized carbons (Fsp3) is 0.263. The second kappa shape index (κ2) is 7.52. The van der Waals surface area contributed by atoms with Crippen molar-refractivity contribution in [2.75, 3.05) is 19.6 Å². The highest BCUT2D eigenvalue weighted by Crippen LogP contribution is 2.30. The Morgan fingerprint density at radius 2 is 1.96 bits per heavy atom. The third-order valence-electron chi connectivity index (χ3n) is 4.58. The zero-order valence-electron chi connectivity index (χ0n) is 13.7. The highest BCUT2D eigenvalue weighted by atomic mass is 35.5. The SMILES string of the molecule is Cl.NCC1CCN(C(=O)c2ccc(-c3nc4ccccc4s3)cc2)C1. The number of carbonyl (C=O) groups is 1. The van der Waals surface area contributed by atoms with Gasteiger partial charge in [0, 0.05) is 24.2 Å². The van der Waals surface area contributed by atoms with Crippen LogP contribution in [0.5, 0.6) is 0 Å². The van der Waals surface area contributed by atoms with Gasteiger partial charge in [0.2, 0.25) is 0 Å². The number of benzene rings is 2. The Morgan fingerprint density at radius 1 is 1.20 bits per heavy atom. The van der Waals surface area contributed by atoms with Crippen LogP contribution in [0.3, 0.4) is 0 Å². The second-order valence-corrected chi connectivity index (χ2v) is 7.24. The highest BCUT2D eigenvalue weighted by Gasteiger charge is 2.25. The summed E-state index contributed by atoms with van der Waals surface area (Å²) in [6.45, 7) is 2.23. The molecule has 1 saturated heterocycles. The second-order valence-electron chi connectivity index (χ2n) is 6.21. The number of hydrogen-bond acceptors (Lipinski definition) is 4. The van der Waals surface area contributed by atoms with Crippen molar-refractivity contribution in [3.8, 4) is 10.6 Å². The minimum Gasteiger partial charge on any atom is -0.338 e. The molecule has 0 radical (unpaired) electrons. The molecule has 2 aromatic carbocycles. The summed E-state index contributed by atoms with van der Waals surface area (Å²) in [6, 6.07) is 15.9. The number of thiazole rings is 1. The van der Waals surface area contributed by atoms with Crippen molar-refractivity contribution in [1.29, 1.82) is 0 Å². The van der Waals surface area contributed by atoms with E-state index in [0.717, 1.165) is 41.2 Å². The lowest BCUT2D eigenvalue weighted by Crippen LogP contribution is -2.29. The Hall–Kier alpha value is -1.95. The van der Waals surface area contributed by atoms with Crippen molar-refractivity contribution in [2.45, 2.75) is 6.42 Å². The van der Waals surface area contributed by atoms with Gasteiger partial charge < -0.3 is 10.6 Å². The standard InChI is InChI=1S/C19H19N3OS.ClH/c20-11-13-9-10-22(12-13)19(23)15-7-5-14(6-8-15)18-21-16-3-1-2-4-17(16)24-18;/h1-8,13H,9-12,20H2;1H. The molecule has 1 aliphatic heterocycles. The largest absolute Gasteiger partial charge is 0.338 e. The minimum absolute atomic E-state index is 0. The average Bonchev–Trinajstić information content (AvgIpc) is 3.28. The topological polar surface area (TPSA) is 59.2 Å². The number of carbonyl (C=O) groups excluding carboxylic acids is 1. The van der Waals surface area contributed by atoms with Gasteiger partial charge in [-0.3, -0.25) is 4.79 Å². The number of nitrogens with two attached hydrogens (primary N) is 1. The molecular formula is C19H20ClN3OS. The lowest BCUT2D eigenvalue weighted by molar-refractivity contribution is 0.0787. The highest BCUT2D eigenvalue weighted by molar-refractivity contribution is 7.21. The number of aromatic nitrogens is 1. The first-order valence-electron chi connectivity index (χ1n) is 8.20. The summed E-state index contributed by atoms with van der Waals surface area (Å²) in [5, 5.41) is 0.986. The monoisotopic (exact) mass is 373 g/mol. The molecule has 0 aliphatic carbocycles. The van der Waals surface area contributed by atoms with E-state index in [4.69, 9.17) is 5.73 Å². The molecule has 1 unspecified atom stereocenters. The Morgan fingerprint density at radius 3 is 2.64 bits per heavy atom. The van der Waals surface area contributed by atoms with Crippen LogP contribution in [0.15, 0.2) is 48.5 Å². The Bertz CT molecular complexity index is 845. The number of hydrogen-bond donors (Lipinski definition) is 1. The van der Waals surface area contributed by atoms with Crippen LogP contribution >= 0.6 is 23.7 Å². The van der Waals surface area contributed by atoms with E-state index in [1.807, 2.05) is 47.4 Å². The normalized spacial score (nSPS) is 16.8. The third-order valence-corrected chi connectivity index (χ3v) is 5.66. The summed E-state index contributed by atoms with van der Waals surface area (Å²) in [4.78, 5) is 19.1. The van der Waals surface area contributed by atoms with Crippen LogP contribution in [0.4, 0.5) is 0 Å². The van der Waals surface area contributed by atoms with Crippen molar-refractivity contribution in [2.24, 2.45) is 11.7 Å². The molecule has 1 aromatic heterocycles. The third kappa shape index (κ3) is 3.54. The fourth-order valence-corrected chi connectivity index (χ4v) is 4.11. The molecule has 2 N–H and O–H groups in total. The van der Waals surface area contributed by atoms with Gasteiger partial charge in [-0.05, 0) is 43.1 Å². The lowest BCUT2D eigenvalue weighted by atomic mass is 10.1. The molecule has 0 spiro atoms. The predicted octanol–water partition coefficient (Wildman–Crippen LogP) is 3.81. The van der Waals surface area contributed by atoms with Crippen LogP contribution in [0, 0.1) is 5.92 Å². The van der Waals surface area contributed by atoms with Crippen LogP contribution < -0.4 is 5.73 Å². The molecular weight excluding hydrogens is 354 g/mol. The maximum absolute atomic E-state index is 12.6. The molecule has 130 valence electrons. The molecule has 0 bridgehead atoms. The molecule has 6 heteroatoms. The average molecular weight is 374 g/mol. The van der Waals surface area contributed by atoms with Gasteiger partial charge >= 0.3 is 0 Å². The molecule has 1 atom stereocenters. The van der Waals surface area contributed by atoms with Crippen LogP contribution in [-0.2, 0) is 0 Å². The van der Waals surface area contributed by atoms with Crippen LogP contribution in [0.2, 0.25) is 0 Å². The van der Waals surface area contributed by atoms with Crippen LogP contribution in [0.25, 0.3) is 20.8 Å². The number of amides is 1. The first-order chi connectivity index (χ1) is 11.7. The Kier molecular flexibility index (Phi) is 5.37. The summed E-state index contributed by atoms with van der Waals surface area (Å²) in [7, 11) is 0. The number of rotatable bonds is 3. The fourth-order valence-electron chi connectivity index (χ4n) is 3.14. The quantitative estimate of drug-likeness (QED) is 0.759. The zero-order chi connectivity index (χ0) is 16.5. The van der Waals surface area contributed by atoms with Gasteiger partial charge in [0.25, 0.3) is 5.91 Å². The first kappa shape index (κ1) is 17.9. The zero-order valence-corrected chi connectivity index (χ0v) is 15.4. The molecule has 0 saturated carbocycles. The summed E-state index contributed by atoms with van der Waals surface area (Å²) in [5.74, 6) is 0.540. The van der Waals surface area contributed by atoms with Crippen LogP contribution in [0.1, 0.15) is 16.8 Å². The van der Waals surface area contributed by atoms with Gasteiger partial charge in [-0.15, -0.1) is 23.7 Å². The number of fused-ring (bicyclic) bond motifs is 1. The van der Waals surface area contributed by atoms with Gasteiger partial charge in [-0.25, -0.2) is 4.98 Å². The molecule has 3 aromatic rings. The first-order valence-corrected chi connectivity index (χ1v) is 9.01. The number of nitrogens with zero attached hydrogens (tertiary/aromatic N) is 2. The lowest BCUT2D eigenvalue weighted by Gasteiger charge is -2.16. The smallest absolute Gasteiger partial charge is 0.253 e. The predicted molar refractivity (Wildman–Crippen MR) is 105 cm³/mol. The summed E-state index contributed by atoms with van der Waals surface area (Å²) >= 11 is 1.67. The molecule has 2 heterocycles. The summed E-state index contributed by atoms with van der Waals surface area (Å²) < 4.78 is 1.18. The van der Waals surface area contributed by atoms with Crippen molar-refractivity contribution < 1.29 is 4.79 Å². The van der Waals surface area contributed by atoms with Gasteiger partial charge in [0.05, 0.1) is 10.2 Å². The van der Waals surface area contributed by atoms with E-state index in [1.54, 1.807) is 11.3 Å². The van der Waals surface area contributed by atoms with E-state index in [2.05, 4.69) is 11.1 Å². The van der Waals surface area contributed by atoms with E-state index in [-0.39, 0.29) is 18.3 Å². The number of para-hydroxylation sites is 1. The molecule has 4 nitrogen and oxygen atoms in total. The van der Waals surface area contributed by atoms with E-state index in [9.17, 15) is 4.79 Å². The van der Waals surface area contributed by atoms with Crippen molar-refractivity contribution >= 4 is 39.9 Å². The van der Waals surface area contributed by atoms with E-state index < -0.39 is 0 Å². The minimum atomic E-state index is 0. The molecule has 1 amide bonds. The summed E-state index contributed by atoms with van der Waals surface area (Å²) in [6.07, 6.45) is 1.01. The van der Waals surface area contributed by atoms with Crippen molar-refractivity contribution in [3.05, 3.63) is 54.1 Å². The van der Waals surface area contributed by atoms with Gasteiger partial charge in [0.15, 0.2) is 0 Å². The number of likely N-dealkylation sites (tertiary alicyclic amines) is 1. The van der Waals surface area contributed by atoms with Crippen molar-refractivity contribution in [3.63, 3.8) is 0 Å². The maximum Gasteiger partial charge on any atom is 0.253 e. The molecule has 25 heavy (non-hydrogen) atoms. The number of halogens is 1. The van der Waals surface area contributed by atoms with E-state index in [1.165, 1.54) is 4.70 Å². The summed E-state index contributed by atoms with van der Waals surface area (Å²) in [5.41, 5.74) is 8.51. The van der Waals surface area contributed by atoms with Gasteiger partial charge in [-0.1, -0.05) is 24.3 Å². The Balaban J connectivity index is 0.00000182.